The number of aromatic nitrogens is 1. The van der Waals surface area contributed by atoms with E-state index < -0.39 is 12.1 Å². The van der Waals surface area contributed by atoms with Crippen LogP contribution in [0.25, 0.3) is 9.88 Å². The largest absolute Gasteiger partial charge is 0.452 e. The number of anilines is 1. The molecule has 0 aliphatic heterocycles. The second kappa shape index (κ2) is 8.25. The van der Waals surface area contributed by atoms with Gasteiger partial charge in [0.1, 0.15) is 5.01 Å². The zero-order valence-corrected chi connectivity index (χ0v) is 16.0. The molecule has 7 heteroatoms. The molecule has 2 heterocycles. The van der Waals surface area contributed by atoms with Gasteiger partial charge in [-0.15, -0.1) is 22.7 Å². The summed E-state index contributed by atoms with van der Waals surface area (Å²) in [6.07, 6.45) is -0.808. The van der Waals surface area contributed by atoms with E-state index in [1.807, 2.05) is 53.2 Å². The molecule has 0 aliphatic rings. The molecule has 0 N–H and O–H groups in total. The smallest absolute Gasteiger partial charge is 0.312 e. The predicted molar refractivity (Wildman–Crippen MR) is 105 cm³/mol. The Balaban J connectivity index is 1.56. The van der Waals surface area contributed by atoms with Gasteiger partial charge in [-0.1, -0.05) is 24.3 Å². The first-order chi connectivity index (χ1) is 12.5. The van der Waals surface area contributed by atoms with Gasteiger partial charge in [0.15, 0.2) is 6.10 Å². The lowest BCUT2D eigenvalue weighted by Crippen LogP contribution is -2.37. The second-order valence-corrected chi connectivity index (χ2v) is 7.47. The van der Waals surface area contributed by atoms with Crippen molar-refractivity contribution in [3.8, 4) is 9.88 Å². The van der Waals surface area contributed by atoms with Crippen molar-refractivity contribution in [2.75, 3.05) is 11.9 Å². The number of likely N-dealkylation sites (N-methyl/N-ethyl adjacent to an activating group) is 1. The SMILES string of the molecule is CC(OC(=O)Cc1csc(-c2cccs2)n1)C(=O)N(C)c1ccccc1. The third-order valence-corrected chi connectivity index (χ3v) is 5.67. The molecular weight excluding hydrogens is 368 g/mol. The first-order valence-corrected chi connectivity index (χ1v) is 9.81. The quantitative estimate of drug-likeness (QED) is 0.601. The van der Waals surface area contributed by atoms with E-state index in [0.717, 1.165) is 15.6 Å². The molecule has 0 bridgehead atoms. The van der Waals surface area contributed by atoms with Crippen LogP contribution in [0.2, 0.25) is 0 Å². The highest BCUT2D eigenvalue weighted by Gasteiger charge is 2.23. The molecule has 134 valence electrons. The topological polar surface area (TPSA) is 59.5 Å². The number of carbonyl (C=O) groups excluding carboxylic acids is 2. The summed E-state index contributed by atoms with van der Waals surface area (Å²) in [4.78, 5) is 31.6. The zero-order valence-electron chi connectivity index (χ0n) is 14.4. The van der Waals surface area contributed by atoms with E-state index >= 15 is 0 Å². The summed E-state index contributed by atoms with van der Waals surface area (Å²) in [6, 6.07) is 13.2. The molecule has 0 saturated carbocycles. The van der Waals surface area contributed by atoms with Gasteiger partial charge in [0.25, 0.3) is 5.91 Å². The van der Waals surface area contributed by atoms with Crippen LogP contribution in [0.15, 0.2) is 53.2 Å². The van der Waals surface area contributed by atoms with Gasteiger partial charge in [0, 0.05) is 18.1 Å². The lowest BCUT2D eigenvalue weighted by Gasteiger charge is -2.21. The Bertz CT molecular complexity index is 875. The van der Waals surface area contributed by atoms with Crippen LogP contribution in [0.3, 0.4) is 0 Å². The van der Waals surface area contributed by atoms with Crippen LogP contribution in [-0.2, 0) is 20.7 Å². The van der Waals surface area contributed by atoms with Crippen molar-refractivity contribution in [2.24, 2.45) is 0 Å². The number of para-hydroxylation sites is 1. The maximum absolute atomic E-state index is 12.4. The number of rotatable bonds is 6. The molecule has 1 aromatic carbocycles. The molecule has 1 atom stereocenters. The van der Waals surface area contributed by atoms with Crippen molar-refractivity contribution in [3.63, 3.8) is 0 Å². The molecule has 0 saturated heterocycles. The van der Waals surface area contributed by atoms with Gasteiger partial charge in [-0.05, 0) is 30.5 Å². The minimum atomic E-state index is -0.858. The summed E-state index contributed by atoms with van der Waals surface area (Å²) < 4.78 is 5.30. The molecule has 0 aliphatic carbocycles. The highest BCUT2D eigenvalue weighted by atomic mass is 32.1. The lowest BCUT2D eigenvalue weighted by atomic mass is 10.2. The number of carbonyl (C=O) groups is 2. The number of thiazole rings is 1. The summed E-state index contributed by atoms with van der Waals surface area (Å²) in [5.74, 6) is -0.738. The number of amides is 1. The molecule has 3 aromatic rings. The van der Waals surface area contributed by atoms with Crippen molar-refractivity contribution in [1.29, 1.82) is 0 Å². The molecule has 1 unspecified atom stereocenters. The Morgan fingerprint density at radius 2 is 1.92 bits per heavy atom. The van der Waals surface area contributed by atoms with Crippen LogP contribution < -0.4 is 4.90 Å². The van der Waals surface area contributed by atoms with E-state index in [9.17, 15) is 9.59 Å². The van der Waals surface area contributed by atoms with Crippen molar-refractivity contribution in [3.05, 3.63) is 58.9 Å². The minimum Gasteiger partial charge on any atom is -0.452 e. The van der Waals surface area contributed by atoms with E-state index in [4.69, 9.17) is 4.74 Å². The van der Waals surface area contributed by atoms with Crippen LogP contribution in [0.5, 0.6) is 0 Å². The first-order valence-electron chi connectivity index (χ1n) is 8.05. The molecule has 0 spiro atoms. The van der Waals surface area contributed by atoms with Gasteiger partial charge < -0.3 is 9.64 Å². The number of benzene rings is 1. The Kier molecular flexibility index (Phi) is 5.80. The molecule has 0 fully saturated rings. The van der Waals surface area contributed by atoms with E-state index in [2.05, 4.69) is 4.98 Å². The Morgan fingerprint density at radius 1 is 1.15 bits per heavy atom. The Hall–Kier alpha value is -2.51. The lowest BCUT2D eigenvalue weighted by molar-refractivity contribution is -0.153. The van der Waals surface area contributed by atoms with Crippen LogP contribution >= 0.6 is 22.7 Å². The van der Waals surface area contributed by atoms with E-state index in [0.29, 0.717) is 5.69 Å². The fourth-order valence-corrected chi connectivity index (χ4v) is 4.02. The Labute approximate surface area is 159 Å². The van der Waals surface area contributed by atoms with Gasteiger partial charge in [-0.25, -0.2) is 4.98 Å². The van der Waals surface area contributed by atoms with Crippen LogP contribution in [-0.4, -0.2) is 30.0 Å². The van der Waals surface area contributed by atoms with Gasteiger partial charge in [0.2, 0.25) is 0 Å². The first kappa shape index (κ1) is 18.3. The summed E-state index contributed by atoms with van der Waals surface area (Å²) in [7, 11) is 1.66. The molecule has 1 amide bonds. The molecule has 5 nitrogen and oxygen atoms in total. The number of hydrogen-bond donors (Lipinski definition) is 0. The molecule has 0 radical (unpaired) electrons. The standard InChI is InChI=1S/C19H18N2O3S2/c1-13(19(23)21(2)15-7-4-3-5-8-15)24-17(22)11-14-12-26-18(20-14)16-9-6-10-25-16/h3-10,12-13H,11H2,1-2H3. The fraction of sp³-hybridized carbons (Fsp3) is 0.211. The van der Waals surface area contributed by atoms with Crippen LogP contribution in [0.4, 0.5) is 5.69 Å². The average molecular weight is 386 g/mol. The summed E-state index contributed by atoms with van der Waals surface area (Å²) in [6.45, 7) is 1.58. The number of ether oxygens (including phenoxy) is 1. The van der Waals surface area contributed by atoms with Crippen molar-refractivity contribution in [1.82, 2.24) is 4.98 Å². The van der Waals surface area contributed by atoms with Gasteiger partial charge in [-0.3, -0.25) is 9.59 Å². The summed E-state index contributed by atoms with van der Waals surface area (Å²) in [5.41, 5.74) is 1.40. The molecule has 3 rings (SSSR count). The van der Waals surface area contributed by atoms with E-state index in [1.165, 1.54) is 16.2 Å². The Morgan fingerprint density at radius 3 is 2.62 bits per heavy atom. The maximum atomic E-state index is 12.4. The highest BCUT2D eigenvalue weighted by Crippen LogP contribution is 2.28. The monoisotopic (exact) mass is 386 g/mol. The third kappa shape index (κ3) is 4.36. The van der Waals surface area contributed by atoms with Crippen molar-refractivity contribution < 1.29 is 14.3 Å². The highest BCUT2D eigenvalue weighted by molar-refractivity contribution is 7.20. The fourth-order valence-electron chi connectivity index (χ4n) is 2.39. The summed E-state index contributed by atoms with van der Waals surface area (Å²) in [5, 5.41) is 4.72. The van der Waals surface area contributed by atoms with Crippen LogP contribution in [0, 0.1) is 0 Å². The van der Waals surface area contributed by atoms with E-state index in [-0.39, 0.29) is 12.3 Å². The normalized spacial score (nSPS) is 11.8. The number of esters is 1. The minimum absolute atomic E-state index is 0.0501. The van der Waals surface area contributed by atoms with E-state index in [1.54, 1.807) is 25.3 Å². The third-order valence-electron chi connectivity index (χ3n) is 3.74. The number of hydrogen-bond acceptors (Lipinski definition) is 6. The predicted octanol–water partition coefficient (Wildman–Crippen LogP) is 4.01. The van der Waals surface area contributed by atoms with Gasteiger partial charge in [-0.2, -0.15) is 0 Å². The van der Waals surface area contributed by atoms with Crippen molar-refractivity contribution >= 4 is 40.2 Å². The maximum Gasteiger partial charge on any atom is 0.312 e. The zero-order chi connectivity index (χ0) is 18.5. The molecule has 2 aromatic heterocycles. The van der Waals surface area contributed by atoms with Crippen LogP contribution in [0.1, 0.15) is 12.6 Å². The second-order valence-electron chi connectivity index (χ2n) is 5.66. The van der Waals surface area contributed by atoms with Crippen molar-refractivity contribution in [2.45, 2.75) is 19.4 Å². The molecule has 26 heavy (non-hydrogen) atoms. The number of nitrogens with zero attached hydrogens (tertiary/aromatic N) is 2. The molecular formula is C19H18N2O3S2. The van der Waals surface area contributed by atoms with Gasteiger partial charge in [0.05, 0.1) is 17.0 Å². The summed E-state index contributed by atoms with van der Waals surface area (Å²) >= 11 is 3.10. The average Bonchev–Trinajstić information content (AvgIpc) is 3.32. The number of thiophene rings is 1. The van der Waals surface area contributed by atoms with Gasteiger partial charge >= 0.3 is 5.97 Å².